The van der Waals surface area contributed by atoms with Gasteiger partial charge in [0.2, 0.25) is 0 Å². The first-order valence-electron chi connectivity index (χ1n) is 5.97. The van der Waals surface area contributed by atoms with Crippen LogP contribution in [0.3, 0.4) is 0 Å². The number of nitrogens with two attached hydrogens (primary N) is 1. The quantitative estimate of drug-likeness (QED) is 0.435. The monoisotopic (exact) mass is 422 g/mol. The van der Waals surface area contributed by atoms with Gasteiger partial charge in [-0.1, -0.05) is 22.0 Å². The third-order valence-corrected chi connectivity index (χ3v) is 4.65. The van der Waals surface area contributed by atoms with Gasteiger partial charge in [0.25, 0.3) is 0 Å². The van der Waals surface area contributed by atoms with Crippen LogP contribution < -0.4 is 11.3 Å². The summed E-state index contributed by atoms with van der Waals surface area (Å²) in [6, 6.07) is 6.22. The van der Waals surface area contributed by atoms with Crippen molar-refractivity contribution < 1.29 is 13.2 Å². The maximum Gasteiger partial charge on any atom is 0.173 e. The highest BCUT2D eigenvalue weighted by atomic mass is 79.9. The molecule has 2 nitrogen and oxygen atoms in total. The van der Waals surface area contributed by atoms with Crippen LogP contribution >= 0.6 is 31.9 Å². The number of benzene rings is 2. The van der Waals surface area contributed by atoms with Crippen molar-refractivity contribution in [3.63, 3.8) is 0 Å². The van der Waals surface area contributed by atoms with E-state index >= 15 is 0 Å². The van der Waals surface area contributed by atoms with Crippen LogP contribution in [0, 0.1) is 17.5 Å². The molecule has 0 aliphatic heterocycles. The molecular formula is C14H11Br2F3N2. The van der Waals surface area contributed by atoms with Crippen LogP contribution in [0.15, 0.2) is 39.3 Å². The Kier molecular flexibility index (Phi) is 5.43. The third kappa shape index (κ3) is 3.66. The van der Waals surface area contributed by atoms with E-state index < -0.39 is 17.7 Å². The van der Waals surface area contributed by atoms with Gasteiger partial charge in [0.15, 0.2) is 11.6 Å². The Balaban J connectivity index is 2.37. The van der Waals surface area contributed by atoms with Crippen LogP contribution in [0.4, 0.5) is 13.2 Å². The van der Waals surface area contributed by atoms with E-state index in [9.17, 15) is 13.2 Å². The Morgan fingerprint density at radius 3 is 2.48 bits per heavy atom. The molecule has 0 aliphatic carbocycles. The van der Waals surface area contributed by atoms with Crippen LogP contribution in [0.1, 0.15) is 17.2 Å². The Labute approximate surface area is 136 Å². The number of nitrogens with one attached hydrogen (secondary N) is 1. The van der Waals surface area contributed by atoms with Crippen LogP contribution in [0.5, 0.6) is 0 Å². The van der Waals surface area contributed by atoms with E-state index in [0.717, 1.165) is 6.07 Å². The van der Waals surface area contributed by atoms with Crippen molar-refractivity contribution in [3.05, 3.63) is 67.9 Å². The van der Waals surface area contributed by atoms with E-state index in [1.807, 2.05) is 0 Å². The van der Waals surface area contributed by atoms with E-state index in [4.69, 9.17) is 5.84 Å². The Hall–Kier alpha value is -0.890. The SMILES string of the molecule is NNC(Cc1cc(F)ccc1Br)c1ccc(F)c(F)c1Br. The molecule has 1 unspecified atom stereocenters. The second-order valence-corrected chi connectivity index (χ2v) is 6.07. The van der Waals surface area contributed by atoms with E-state index in [1.165, 1.54) is 18.2 Å². The topological polar surface area (TPSA) is 38.0 Å². The number of rotatable bonds is 4. The lowest BCUT2D eigenvalue weighted by atomic mass is 9.99. The molecule has 0 heterocycles. The van der Waals surface area contributed by atoms with Gasteiger partial charge in [0, 0.05) is 4.47 Å². The van der Waals surface area contributed by atoms with E-state index in [1.54, 1.807) is 6.07 Å². The maximum atomic E-state index is 13.6. The molecule has 7 heteroatoms. The summed E-state index contributed by atoms with van der Waals surface area (Å²) in [5.74, 6) is 3.19. The van der Waals surface area contributed by atoms with Crippen molar-refractivity contribution >= 4 is 31.9 Å². The number of halogens is 5. The van der Waals surface area contributed by atoms with Gasteiger partial charge in [0.1, 0.15) is 5.82 Å². The number of hydrazine groups is 1. The van der Waals surface area contributed by atoms with Crippen LogP contribution in [-0.2, 0) is 6.42 Å². The minimum absolute atomic E-state index is 0.00187. The molecule has 0 saturated carbocycles. The van der Waals surface area contributed by atoms with Crippen molar-refractivity contribution in [1.29, 1.82) is 0 Å². The van der Waals surface area contributed by atoms with Crippen LogP contribution in [0.2, 0.25) is 0 Å². The summed E-state index contributed by atoms with van der Waals surface area (Å²) in [7, 11) is 0. The molecule has 21 heavy (non-hydrogen) atoms. The summed E-state index contributed by atoms with van der Waals surface area (Å²) in [4.78, 5) is 0. The molecule has 2 aromatic rings. The van der Waals surface area contributed by atoms with Crippen molar-refractivity contribution in [2.45, 2.75) is 12.5 Å². The lowest BCUT2D eigenvalue weighted by Gasteiger charge is -2.19. The molecule has 0 saturated heterocycles. The maximum absolute atomic E-state index is 13.6. The highest BCUT2D eigenvalue weighted by Crippen LogP contribution is 2.31. The molecular weight excluding hydrogens is 413 g/mol. The second-order valence-electron chi connectivity index (χ2n) is 4.42. The van der Waals surface area contributed by atoms with Crippen molar-refractivity contribution in [2.24, 2.45) is 5.84 Å². The Morgan fingerprint density at radius 1 is 1.10 bits per heavy atom. The van der Waals surface area contributed by atoms with Gasteiger partial charge in [-0.3, -0.25) is 11.3 Å². The van der Waals surface area contributed by atoms with Crippen molar-refractivity contribution in [1.82, 2.24) is 5.43 Å². The summed E-state index contributed by atoms with van der Waals surface area (Å²) >= 11 is 6.35. The number of hydrogen-bond donors (Lipinski definition) is 2. The molecule has 0 radical (unpaired) electrons. The molecule has 0 amide bonds. The zero-order valence-corrected chi connectivity index (χ0v) is 13.8. The first-order chi connectivity index (χ1) is 9.93. The minimum Gasteiger partial charge on any atom is -0.271 e. The smallest absolute Gasteiger partial charge is 0.173 e. The second kappa shape index (κ2) is 6.91. The zero-order chi connectivity index (χ0) is 15.6. The molecule has 112 valence electrons. The third-order valence-electron chi connectivity index (χ3n) is 3.07. The Bertz CT molecular complexity index is 665. The van der Waals surface area contributed by atoms with Crippen molar-refractivity contribution in [3.8, 4) is 0 Å². The summed E-state index contributed by atoms with van der Waals surface area (Å²) in [5, 5.41) is 0. The normalized spacial score (nSPS) is 12.5. The molecule has 1 atom stereocenters. The van der Waals surface area contributed by atoms with Crippen LogP contribution in [0.25, 0.3) is 0 Å². The highest BCUT2D eigenvalue weighted by molar-refractivity contribution is 9.10. The fourth-order valence-corrected chi connectivity index (χ4v) is 2.99. The first kappa shape index (κ1) is 16.5. The molecule has 0 fully saturated rings. The van der Waals surface area contributed by atoms with Gasteiger partial charge in [-0.2, -0.15) is 0 Å². The largest absolute Gasteiger partial charge is 0.271 e. The summed E-state index contributed by atoms with van der Waals surface area (Å²) in [6.45, 7) is 0. The first-order valence-corrected chi connectivity index (χ1v) is 7.56. The van der Waals surface area contributed by atoms with Crippen LogP contribution in [-0.4, -0.2) is 0 Å². The van der Waals surface area contributed by atoms with Gasteiger partial charge < -0.3 is 0 Å². The zero-order valence-electron chi connectivity index (χ0n) is 10.6. The summed E-state index contributed by atoms with van der Waals surface area (Å²) in [5.41, 5.74) is 3.65. The molecule has 2 aromatic carbocycles. The Morgan fingerprint density at radius 2 is 1.81 bits per heavy atom. The number of hydrogen-bond acceptors (Lipinski definition) is 2. The minimum atomic E-state index is -0.981. The van der Waals surface area contributed by atoms with Gasteiger partial charge in [-0.15, -0.1) is 0 Å². The van der Waals surface area contributed by atoms with Gasteiger partial charge in [-0.25, -0.2) is 13.2 Å². The van der Waals surface area contributed by atoms with E-state index in [2.05, 4.69) is 37.3 Å². The predicted octanol–water partition coefficient (Wildman–Crippen LogP) is 4.38. The van der Waals surface area contributed by atoms with Gasteiger partial charge in [0.05, 0.1) is 10.5 Å². The molecule has 3 N–H and O–H groups in total. The average Bonchev–Trinajstić information content (AvgIpc) is 2.46. The predicted molar refractivity (Wildman–Crippen MR) is 81.9 cm³/mol. The molecule has 0 bridgehead atoms. The fourth-order valence-electron chi connectivity index (χ4n) is 1.99. The fraction of sp³-hybridized carbons (Fsp3) is 0.143. The average molecular weight is 424 g/mol. The molecule has 0 aromatic heterocycles. The standard InChI is InChI=1S/C14H11Br2F3N2/c15-10-3-1-8(17)5-7(10)6-12(21-20)9-2-4-11(18)14(19)13(9)16/h1-5,12,21H,6,20H2. The van der Waals surface area contributed by atoms with Gasteiger partial charge >= 0.3 is 0 Å². The lowest BCUT2D eigenvalue weighted by Crippen LogP contribution is -2.30. The summed E-state index contributed by atoms with van der Waals surface area (Å²) < 4.78 is 40.8. The van der Waals surface area contributed by atoms with Gasteiger partial charge in [-0.05, 0) is 57.7 Å². The molecule has 0 aliphatic rings. The lowest BCUT2D eigenvalue weighted by molar-refractivity contribution is 0.491. The van der Waals surface area contributed by atoms with Crippen molar-refractivity contribution in [2.75, 3.05) is 0 Å². The van der Waals surface area contributed by atoms with E-state index in [0.29, 0.717) is 22.0 Å². The molecule has 0 spiro atoms. The van der Waals surface area contributed by atoms with E-state index in [-0.39, 0.29) is 10.3 Å². The molecule has 2 rings (SSSR count). The summed E-state index contributed by atoms with van der Waals surface area (Å²) in [6.07, 6.45) is 0.304. The highest BCUT2D eigenvalue weighted by Gasteiger charge is 2.19.